The zero-order valence-corrected chi connectivity index (χ0v) is 18.5. The van der Waals surface area contributed by atoms with E-state index in [0.717, 1.165) is 0 Å². The van der Waals surface area contributed by atoms with Gasteiger partial charge >= 0.3 is 5.56 Å². The van der Waals surface area contributed by atoms with Crippen LogP contribution in [0.2, 0.25) is 0 Å². The first kappa shape index (κ1) is 21.4. The number of rotatable bonds is 7. The average molecular weight is 452 g/mol. The number of hydrogen-bond acceptors (Lipinski definition) is 7. The number of amides is 1. The second-order valence-corrected chi connectivity index (χ2v) is 8.14. The monoisotopic (exact) mass is 451 g/mol. The van der Waals surface area contributed by atoms with Crippen LogP contribution in [0.15, 0.2) is 70.9 Å². The predicted molar refractivity (Wildman–Crippen MR) is 122 cm³/mol. The molecule has 1 amide bonds. The molecule has 1 unspecified atom stereocenters. The fraction of sp³-hybridized carbons (Fsp3) is 0.182. The Balaban J connectivity index is 1.54. The minimum atomic E-state index is -0.467. The Hall–Kier alpha value is -3.79. The van der Waals surface area contributed by atoms with Crippen LogP contribution >= 0.6 is 11.8 Å². The molecule has 2 aromatic carbocycles. The highest BCUT2D eigenvalue weighted by molar-refractivity contribution is 8.00. The van der Waals surface area contributed by atoms with Crippen molar-refractivity contribution in [3.63, 3.8) is 0 Å². The molecule has 0 spiro atoms. The van der Waals surface area contributed by atoms with Crippen LogP contribution in [0.5, 0.6) is 11.5 Å². The zero-order chi connectivity index (χ0) is 22.7. The number of benzene rings is 2. The highest BCUT2D eigenvalue weighted by Crippen LogP contribution is 2.23. The number of nitrogens with zero attached hydrogens (tertiary/aromatic N) is 4. The molecule has 0 fully saturated rings. The molecule has 10 heteroatoms. The molecule has 0 saturated heterocycles. The largest absolute Gasteiger partial charge is 0.497 e. The topological polar surface area (TPSA) is 99.8 Å². The summed E-state index contributed by atoms with van der Waals surface area (Å²) >= 11 is 1.22. The van der Waals surface area contributed by atoms with E-state index in [-0.39, 0.29) is 17.1 Å². The Bertz CT molecular complexity index is 1320. The molecule has 0 aliphatic carbocycles. The Morgan fingerprint density at radius 2 is 1.78 bits per heavy atom. The molecule has 0 aliphatic heterocycles. The molecule has 2 heterocycles. The molecule has 32 heavy (non-hydrogen) atoms. The number of carbonyl (C=O) groups excluding carboxylic acids is 1. The number of carbonyl (C=O) groups is 1. The van der Waals surface area contributed by atoms with Gasteiger partial charge < -0.3 is 14.8 Å². The normalized spacial score (nSPS) is 11.8. The van der Waals surface area contributed by atoms with Crippen LogP contribution in [0.3, 0.4) is 0 Å². The van der Waals surface area contributed by atoms with Crippen molar-refractivity contribution in [2.45, 2.75) is 17.3 Å². The van der Waals surface area contributed by atoms with Gasteiger partial charge in [-0.15, -0.1) is 10.2 Å². The molecule has 0 saturated carbocycles. The second-order valence-electron chi connectivity index (χ2n) is 6.83. The summed E-state index contributed by atoms with van der Waals surface area (Å²) < 4.78 is 13.4. The van der Waals surface area contributed by atoms with Crippen molar-refractivity contribution in [2.24, 2.45) is 0 Å². The summed E-state index contributed by atoms with van der Waals surface area (Å²) in [4.78, 5) is 25.6. The van der Waals surface area contributed by atoms with Crippen LogP contribution in [0.25, 0.3) is 11.3 Å². The number of thioether (sulfide) groups is 1. The van der Waals surface area contributed by atoms with Crippen molar-refractivity contribution >= 4 is 29.0 Å². The van der Waals surface area contributed by atoms with E-state index in [2.05, 4.69) is 15.5 Å². The lowest BCUT2D eigenvalue weighted by atomic mass is 10.3. The van der Waals surface area contributed by atoms with E-state index >= 15 is 0 Å². The molecule has 0 radical (unpaired) electrons. The van der Waals surface area contributed by atoms with E-state index in [1.807, 2.05) is 0 Å². The molecule has 164 valence electrons. The minimum absolute atomic E-state index is 0.167. The molecular formula is C22H21N5O4S. The van der Waals surface area contributed by atoms with E-state index in [9.17, 15) is 9.59 Å². The molecule has 0 bridgehead atoms. The van der Waals surface area contributed by atoms with Gasteiger partial charge in [0.2, 0.25) is 11.6 Å². The standard InChI is InChI=1S/C22H21N5O4S/c1-14(20(28)23-15-7-9-17(30-2)10-8-15)32-22-25-24-19-21(29)26(11-12-27(19)22)16-5-4-6-18(13-16)31-3/h4-14H,1-3H3,(H,23,28). The van der Waals surface area contributed by atoms with E-state index in [1.165, 1.54) is 16.3 Å². The van der Waals surface area contributed by atoms with Crippen LogP contribution in [-0.4, -0.2) is 44.5 Å². The van der Waals surface area contributed by atoms with E-state index < -0.39 is 5.25 Å². The predicted octanol–water partition coefficient (Wildman–Crippen LogP) is 3.02. The van der Waals surface area contributed by atoms with Gasteiger partial charge in [-0.2, -0.15) is 0 Å². The highest BCUT2D eigenvalue weighted by atomic mass is 32.2. The van der Waals surface area contributed by atoms with Crippen LogP contribution < -0.4 is 20.3 Å². The van der Waals surface area contributed by atoms with Crippen LogP contribution in [0.1, 0.15) is 6.92 Å². The van der Waals surface area contributed by atoms with Gasteiger partial charge in [0, 0.05) is 24.1 Å². The molecule has 4 aromatic rings. The first-order chi connectivity index (χ1) is 15.5. The van der Waals surface area contributed by atoms with E-state index in [1.54, 1.807) is 86.5 Å². The smallest absolute Gasteiger partial charge is 0.300 e. The van der Waals surface area contributed by atoms with Gasteiger partial charge in [0.1, 0.15) is 11.5 Å². The Morgan fingerprint density at radius 3 is 2.50 bits per heavy atom. The van der Waals surface area contributed by atoms with Gasteiger partial charge in [-0.05, 0) is 43.3 Å². The molecular weight excluding hydrogens is 430 g/mol. The summed E-state index contributed by atoms with van der Waals surface area (Å²) in [5.74, 6) is 1.16. The lowest BCUT2D eigenvalue weighted by molar-refractivity contribution is -0.115. The number of ether oxygens (including phenoxy) is 2. The number of fused-ring (bicyclic) bond motifs is 1. The Kier molecular flexibility index (Phi) is 6.13. The van der Waals surface area contributed by atoms with Crippen LogP contribution in [0, 0.1) is 0 Å². The lowest BCUT2D eigenvalue weighted by Crippen LogP contribution is -2.23. The third-order valence-electron chi connectivity index (χ3n) is 4.78. The third kappa shape index (κ3) is 4.30. The first-order valence-corrected chi connectivity index (χ1v) is 10.6. The van der Waals surface area contributed by atoms with Gasteiger partial charge in [0.05, 0.1) is 25.2 Å². The number of methoxy groups -OCH3 is 2. The summed E-state index contributed by atoms with van der Waals surface area (Å²) in [7, 11) is 3.15. The van der Waals surface area contributed by atoms with Crippen molar-refractivity contribution in [3.8, 4) is 17.2 Å². The SMILES string of the molecule is COc1ccc(NC(=O)C(C)Sc2nnc3c(=O)n(-c4cccc(OC)c4)ccn23)cc1. The highest BCUT2D eigenvalue weighted by Gasteiger charge is 2.19. The van der Waals surface area contributed by atoms with Gasteiger partial charge in [0.25, 0.3) is 0 Å². The first-order valence-electron chi connectivity index (χ1n) is 9.72. The summed E-state index contributed by atoms with van der Waals surface area (Å²) in [6.07, 6.45) is 3.34. The van der Waals surface area contributed by atoms with Crippen LogP contribution in [0.4, 0.5) is 5.69 Å². The zero-order valence-electron chi connectivity index (χ0n) is 17.7. The molecule has 4 rings (SSSR count). The van der Waals surface area contributed by atoms with Crippen molar-refractivity contribution in [3.05, 3.63) is 71.3 Å². The Morgan fingerprint density at radius 1 is 1.03 bits per heavy atom. The maximum atomic E-state index is 13.0. The van der Waals surface area contributed by atoms with E-state index in [0.29, 0.717) is 28.0 Å². The number of nitrogens with one attached hydrogen (secondary N) is 1. The van der Waals surface area contributed by atoms with Crippen LogP contribution in [-0.2, 0) is 4.79 Å². The van der Waals surface area contributed by atoms with Crippen molar-refractivity contribution in [2.75, 3.05) is 19.5 Å². The average Bonchev–Trinajstić information content (AvgIpc) is 3.23. The van der Waals surface area contributed by atoms with Gasteiger partial charge in [0.15, 0.2) is 5.16 Å². The Labute approximate surface area is 188 Å². The molecule has 1 atom stereocenters. The maximum Gasteiger partial charge on any atom is 0.300 e. The molecule has 2 aromatic heterocycles. The van der Waals surface area contributed by atoms with Crippen molar-refractivity contribution in [1.82, 2.24) is 19.2 Å². The molecule has 9 nitrogen and oxygen atoms in total. The molecule has 0 aliphatic rings. The third-order valence-corrected chi connectivity index (χ3v) is 5.84. The second kappa shape index (κ2) is 9.15. The van der Waals surface area contributed by atoms with Gasteiger partial charge in [-0.1, -0.05) is 17.8 Å². The number of hydrogen-bond donors (Lipinski definition) is 1. The quantitative estimate of drug-likeness (QED) is 0.431. The van der Waals surface area contributed by atoms with Gasteiger partial charge in [-0.25, -0.2) is 0 Å². The lowest BCUT2D eigenvalue weighted by Gasteiger charge is -2.12. The fourth-order valence-corrected chi connectivity index (χ4v) is 3.87. The summed E-state index contributed by atoms with van der Waals surface area (Å²) in [6, 6.07) is 14.2. The van der Waals surface area contributed by atoms with Crippen molar-refractivity contribution < 1.29 is 14.3 Å². The fourth-order valence-electron chi connectivity index (χ4n) is 3.04. The van der Waals surface area contributed by atoms with E-state index in [4.69, 9.17) is 9.47 Å². The number of anilines is 1. The summed E-state index contributed by atoms with van der Waals surface area (Å²) in [5.41, 5.74) is 1.16. The summed E-state index contributed by atoms with van der Waals surface area (Å²) in [6.45, 7) is 1.77. The maximum absolute atomic E-state index is 13.0. The van der Waals surface area contributed by atoms with Crippen molar-refractivity contribution in [1.29, 1.82) is 0 Å². The number of aromatic nitrogens is 4. The molecule has 1 N–H and O–H groups in total. The minimum Gasteiger partial charge on any atom is -0.497 e. The van der Waals surface area contributed by atoms with Gasteiger partial charge in [-0.3, -0.25) is 18.6 Å². The summed E-state index contributed by atoms with van der Waals surface area (Å²) in [5, 5.41) is 11.0.